The SMILES string of the molecule is O=C1C[C@H]2SCN=CN12. The van der Waals surface area contributed by atoms with Crippen molar-refractivity contribution >= 4 is 24.0 Å². The minimum absolute atomic E-state index is 0.205. The summed E-state index contributed by atoms with van der Waals surface area (Å²) in [6.45, 7) is 0. The van der Waals surface area contributed by atoms with Crippen LogP contribution in [0, 0.1) is 0 Å². The second-order valence-electron chi connectivity index (χ2n) is 2.05. The van der Waals surface area contributed by atoms with Gasteiger partial charge >= 0.3 is 0 Å². The lowest BCUT2D eigenvalue weighted by atomic mass is 10.2. The van der Waals surface area contributed by atoms with Crippen molar-refractivity contribution in [2.24, 2.45) is 4.99 Å². The Balaban J connectivity index is 2.16. The third kappa shape index (κ3) is 0.660. The Morgan fingerprint density at radius 2 is 2.78 bits per heavy atom. The molecule has 0 aliphatic carbocycles. The highest BCUT2D eigenvalue weighted by Crippen LogP contribution is 2.30. The number of carbonyl (C=O) groups excluding carboxylic acids is 1. The number of amides is 1. The van der Waals surface area contributed by atoms with Crippen LogP contribution >= 0.6 is 11.8 Å². The van der Waals surface area contributed by atoms with Crippen LogP contribution < -0.4 is 0 Å². The van der Waals surface area contributed by atoms with E-state index in [0.29, 0.717) is 11.8 Å². The van der Waals surface area contributed by atoms with E-state index in [4.69, 9.17) is 0 Å². The Kier molecular flexibility index (Phi) is 1.02. The van der Waals surface area contributed by atoms with Gasteiger partial charge in [0.25, 0.3) is 0 Å². The zero-order valence-electron chi connectivity index (χ0n) is 4.78. The van der Waals surface area contributed by atoms with Gasteiger partial charge in [-0.3, -0.25) is 14.7 Å². The molecule has 0 aromatic heterocycles. The zero-order chi connectivity index (χ0) is 6.27. The second kappa shape index (κ2) is 1.73. The highest BCUT2D eigenvalue weighted by Gasteiger charge is 2.36. The maximum atomic E-state index is 10.7. The van der Waals surface area contributed by atoms with E-state index in [2.05, 4.69) is 4.99 Å². The quantitative estimate of drug-likeness (QED) is 0.455. The first kappa shape index (κ1) is 5.29. The standard InChI is InChI=1S/C5H6N2OS/c8-4-1-5-7(4)2-6-3-9-5/h2,5H,1,3H2/t5-/m1/s1. The Bertz CT molecular complexity index is 180. The Hall–Kier alpha value is -0.510. The summed E-state index contributed by atoms with van der Waals surface area (Å²) in [5.74, 6) is 1.02. The van der Waals surface area contributed by atoms with Gasteiger partial charge < -0.3 is 0 Å². The average molecular weight is 142 g/mol. The van der Waals surface area contributed by atoms with Crippen molar-refractivity contribution < 1.29 is 4.79 Å². The number of fused-ring (bicyclic) bond motifs is 1. The molecule has 2 rings (SSSR count). The molecule has 0 aromatic carbocycles. The van der Waals surface area contributed by atoms with Gasteiger partial charge in [0, 0.05) is 0 Å². The summed E-state index contributed by atoms with van der Waals surface area (Å²) in [5, 5.41) is 0.412. The third-order valence-corrected chi connectivity index (χ3v) is 2.57. The van der Waals surface area contributed by atoms with Gasteiger partial charge in [0.2, 0.25) is 5.91 Å². The monoisotopic (exact) mass is 142 g/mol. The molecule has 0 saturated carbocycles. The fraction of sp³-hybridized carbons (Fsp3) is 0.600. The van der Waals surface area contributed by atoms with Gasteiger partial charge in [0.15, 0.2) is 0 Å². The molecule has 0 bridgehead atoms. The zero-order valence-corrected chi connectivity index (χ0v) is 5.60. The van der Waals surface area contributed by atoms with Crippen LogP contribution in [0.5, 0.6) is 0 Å². The number of carbonyl (C=O) groups is 1. The molecule has 0 spiro atoms. The summed E-state index contributed by atoms with van der Waals surface area (Å²) in [6.07, 6.45) is 2.35. The van der Waals surface area contributed by atoms with Crippen molar-refractivity contribution in [3.05, 3.63) is 0 Å². The minimum atomic E-state index is 0.205. The largest absolute Gasteiger partial charge is 0.290 e. The Labute approximate surface area is 57.1 Å². The van der Waals surface area contributed by atoms with Crippen LogP contribution in [0.25, 0.3) is 0 Å². The van der Waals surface area contributed by atoms with Crippen LogP contribution in [0.4, 0.5) is 0 Å². The summed E-state index contributed by atoms with van der Waals surface area (Å²) in [5.41, 5.74) is 0. The van der Waals surface area contributed by atoms with Gasteiger partial charge in [-0.05, 0) is 0 Å². The Morgan fingerprint density at radius 1 is 1.89 bits per heavy atom. The molecule has 2 heterocycles. The van der Waals surface area contributed by atoms with Crippen LogP contribution in [0.2, 0.25) is 0 Å². The normalized spacial score (nSPS) is 31.8. The molecule has 0 N–H and O–H groups in total. The third-order valence-electron chi connectivity index (χ3n) is 1.49. The van der Waals surface area contributed by atoms with E-state index in [1.54, 1.807) is 23.0 Å². The van der Waals surface area contributed by atoms with E-state index in [1.807, 2.05) is 0 Å². The molecule has 9 heavy (non-hydrogen) atoms. The molecule has 1 amide bonds. The summed E-state index contributed by atoms with van der Waals surface area (Å²) < 4.78 is 0. The molecule has 0 aromatic rings. The molecule has 2 aliphatic rings. The van der Waals surface area contributed by atoms with Gasteiger partial charge in [-0.15, -0.1) is 11.8 Å². The van der Waals surface area contributed by atoms with E-state index in [-0.39, 0.29) is 5.91 Å². The highest BCUT2D eigenvalue weighted by molar-refractivity contribution is 8.00. The molecule has 1 atom stereocenters. The predicted molar refractivity (Wildman–Crippen MR) is 36.2 cm³/mol. The molecule has 2 aliphatic heterocycles. The van der Waals surface area contributed by atoms with Crippen molar-refractivity contribution in [2.75, 3.05) is 5.88 Å². The van der Waals surface area contributed by atoms with E-state index in [1.165, 1.54) is 0 Å². The number of nitrogens with zero attached hydrogens (tertiary/aromatic N) is 2. The lowest BCUT2D eigenvalue weighted by Gasteiger charge is -2.38. The molecule has 4 heteroatoms. The lowest BCUT2D eigenvalue weighted by Crippen LogP contribution is -2.51. The van der Waals surface area contributed by atoms with E-state index >= 15 is 0 Å². The van der Waals surface area contributed by atoms with Gasteiger partial charge in [-0.2, -0.15) is 0 Å². The summed E-state index contributed by atoms with van der Waals surface area (Å²) >= 11 is 1.72. The molecule has 1 saturated heterocycles. The molecule has 0 unspecified atom stereocenters. The number of rotatable bonds is 0. The molecule has 48 valence electrons. The van der Waals surface area contributed by atoms with Gasteiger partial charge in [0.1, 0.15) is 0 Å². The molecular weight excluding hydrogens is 136 g/mol. The predicted octanol–water partition coefficient (Wildman–Crippen LogP) is 0.277. The van der Waals surface area contributed by atoms with Crippen molar-refractivity contribution in [2.45, 2.75) is 11.8 Å². The second-order valence-corrected chi connectivity index (χ2v) is 3.19. The summed E-state index contributed by atoms with van der Waals surface area (Å²) in [7, 11) is 0. The van der Waals surface area contributed by atoms with Crippen LogP contribution in [0.1, 0.15) is 6.42 Å². The number of thioether (sulfide) groups is 1. The van der Waals surface area contributed by atoms with Gasteiger partial charge in [-0.1, -0.05) is 0 Å². The summed E-state index contributed by atoms with van der Waals surface area (Å²) in [6, 6.07) is 0. The Morgan fingerprint density at radius 3 is 3.33 bits per heavy atom. The van der Waals surface area contributed by atoms with Crippen molar-refractivity contribution in [3.8, 4) is 0 Å². The first-order valence-corrected chi connectivity index (χ1v) is 3.85. The van der Waals surface area contributed by atoms with E-state index in [0.717, 1.165) is 5.88 Å². The number of hydrogen-bond acceptors (Lipinski definition) is 3. The minimum Gasteiger partial charge on any atom is -0.290 e. The molecular formula is C5H6N2OS. The lowest BCUT2D eigenvalue weighted by molar-refractivity contribution is -0.135. The van der Waals surface area contributed by atoms with Crippen LogP contribution in [-0.2, 0) is 4.79 Å². The smallest absolute Gasteiger partial charge is 0.231 e. The first-order valence-electron chi connectivity index (χ1n) is 2.80. The summed E-state index contributed by atoms with van der Waals surface area (Å²) in [4.78, 5) is 16.3. The average Bonchev–Trinajstić information content (AvgIpc) is 1.86. The van der Waals surface area contributed by atoms with Gasteiger partial charge in [-0.25, -0.2) is 0 Å². The van der Waals surface area contributed by atoms with E-state index < -0.39 is 0 Å². The number of aliphatic imine (C=N–C) groups is 1. The van der Waals surface area contributed by atoms with Crippen molar-refractivity contribution in [1.82, 2.24) is 4.90 Å². The molecule has 3 nitrogen and oxygen atoms in total. The van der Waals surface area contributed by atoms with Gasteiger partial charge in [0.05, 0.1) is 24.0 Å². The fourth-order valence-corrected chi connectivity index (χ4v) is 1.85. The van der Waals surface area contributed by atoms with Crippen molar-refractivity contribution in [1.29, 1.82) is 0 Å². The van der Waals surface area contributed by atoms with Crippen LogP contribution in [-0.4, -0.2) is 28.4 Å². The maximum absolute atomic E-state index is 10.7. The van der Waals surface area contributed by atoms with Crippen LogP contribution in [0.15, 0.2) is 4.99 Å². The van der Waals surface area contributed by atoms with E-state index in [9.17, 15) is 4.79 Å². The first-order chi connectivity index (χ1) is 4.38. The van der Waals surface area contributed by atoms with Crippen LogP contribution in [0.3, 0.4) is 0 Å². The van der Waals surface area contributed by atoms with Crippen molar-refractivity contribution in [3.63, 3.8) is 0 Å². The fourth-order valence-electron chi connectivity index (χ4n) is 0.930. The molecule has 1 fully saturated rings. The highest BCUT2D eigenvalue weighted by atomic mass is 32.2. The molecule has 0 radical (unpaired) electrons. The topological polar surface area (TPSA) is 32.7 Å². The maximum Gasteiger partial charge on any atom is 0.231 e. The number of hydrogen-bond donors (Lipinski definition) is 0. The number of β-lactam (4-membered cyclic amide) rings is 1.